The van der Waals surface area contributed by atoms with Gasteiger partial charge in [0.2, 0.25) is 0 Å². The summed E-state index contributed by atoms with van der Waals surface area (Å²) in [4.78, 5) is 26.9. The summed E-state index contributed by atoms with van der Waals surface area (Å²) in [5.41, 5.74) is 0.326. The van der Waals surface area contributed by atoms with Gasteiger partial charge in [-0.1, -0.05) is 23.2 Å². The normalized spacial score (nSPS) is 10.1. The number of carbonyl (C=O) groups excluding carboxylic acids is 1. The standard InChI is InChI=1S/C13H8Cl2N2O3/c14-8-1-2-9(13(19)20)10(6-8)17-12(18)7-3-4-16-11(15)5-7/h1-6H,(H,17,18)(H,19,20). The number of benzene rings is 1. The minimum Gasteiger partial charge on any atom is -0.478 e. The molecule has 20 heavy (non-hydrogen) atoms. The molecule has 2 N–H and O–H groups in total. The van der Waals surface area contributed by atoms with Crippen molar-refractivity contribution in [2.24, 2.45) is 0 Å². The maximum Gasteiger partial charge on any atom is 0.337 e. The Kier molecular flexibility index (Phi) is 4.22. The molecule has 0 aliphatic rings. The molecule has 5 nitrogen and oxygen atoms in total. The molecule has 7 heteroatoms. The SMILES string of the molecule is O=C(Nc1cc(Cl)ccc1C(=O)O)c1ccnc(Cl)c1. The van der Waals surface area contributed by atoms with E-state index in [1.54, 1.807) is 0 Å². The molecule has 0 radical (unpaired) electrons. The molecular formula is C13H8Cl2N2O3. The molecule has 2 aromatic rings. The van der Waals surface area contributed by atoms with E-state index in [1.165, 1.54) is 36.5 Å². The number of halogens is 2. The number of amides is 1. The average Bonchev–Trinajstić information content (AvgIpc) is 2.38. The van der Waals surface area contributed by atoms with Gasteiger partial charge >= 0.3 is 5.97 Å². The lowest BCUT2D eigenvalue weighted by Gasteiger charge is -2.09. The summed E-state index contributed by atoms with van der Waals surface area (Å²) in [5.74, 6) is -1.66. The lowest BCUT2D eigenvalue weighted by molar-refractivity contribution is 0.0698. The number of carbonyl (C=O) groups is 2. The van der Waals surface area contributed by atoms with Crippen LogP contribution in [0.2, 0.25) is 10.2 Å². The highest BCUT2D eigenvalue weighted by Crippen LogP contribution is 2.22. The second-order valence-corrected chi connectivity index (χ2v) is 4.64. The highest BCUT2D eigenvalue weighted by Gasteiger charge is 2.14. The number of hydrogen-bond acceptors (Lipinski definition) is 3. The van der Waals surface area contributed by atoms with Crippen molar-refractivity contribution in [3.8, 4) is 0 Å². The first-order valence-corrected chi connectivity index (χ1v) is 6.18. The Bertz CT molecular complexity index is 689. The summed E-state index contributed by atoms with van der Waals surface area (Å²) in [6.07, 6.45) is 1.38. The molecule has 0 saturated carbocycles. The average molecular weight is 311 g/mol. The summed E-state index contributed by atoms with van der Waals surface area (Å²) < 4.78 is 0. The van der Waals surface area contributed by atoms with Crippen molar-refractivity contribution >= 4 is 40.8 Å². The Hall–Kier alpha value is -2.11. The Morgan fingerprint density at radius 2 is 1.90 bits per heavy atom. The molecule has 0 spiro atoms. The number of pyridine rings is 1. The Balaban J connectivity index is 2.32. The van der Waals surface area contributed by atoms with Crippen LogP contribution in [0, 0.1) is 0 Å². The third kappa shape index (κ3) is 3.26. The number of carboxylic acid groups (broad SMARTS) is 1. The minimum absolute atomic E-state index is 0.0529. The van der Waals surface area contributed by atoms with Gasteiger partial charge in [-0.2, -0.15) is 0 Å². The Morgan fingerprint density at radius 3 is 2.55 bits per heavy atom. The quantitative estimate of drug-likeness (QED) is 0.852. The highest BCUT2D eigenvalue weighted by atomic mass is 35.5. The zero-order valence-corrected chi connectivity index (χ0v) is 11.4. The second kappa shape index (κ2) is 5.90. The lowest BCUT2D eigenvalue weighted by atomic mass is 10.1. The highest BCUT2D eigenvalue weighted by molar-refractivity contribution is 6.31. The van der Waals surface area contributed by atoms with Crippen molar-refractivity contribution in [1.82, 2.24) is 4.98 Å². The van der Waals surface area contributed by atoms with Crippen molar-refractivity contribution in [1.29, 1.82) is 0 Å². The molecule has 0 aliphatic carbocycles. The fourth-order valence-electron chi connectivity index (χ4n) is 1.54. The molecule has 1 aromatic heterocycles. The van der Waals surface area contributed by atoms with Crippen LogP contribution in [0.5, 0.6) is 0 Å². The number of anilines is 1. The molecule has 102 valence electrons. The summed E-state index contributed by atoms with van der Waals surface area (Å²) in [6, 6.07) is 6.96. The zero-order chi connectivity index (χ0) is 14.7. The molecule has 1 heterocycles. The molecule has 0 atom stereocenters. The maximum atomic E-state index is 12.0. The zero-order valence-electron chi connectivity index (χ0n) is 9.93. The summed E-state index contributed by atoms with van der Waals surface area (Å²) in [6.45, 7) is 0. The van der Waals surface area contributed by atoms with Gasteiger partial charge in [-0.05, 0) is 30.3 Å². The van der Waals surface area contributed by atoms with Crippen molar-refractivity contribution in [2.45, 2.75) is 0 Å². The summed E-state index contributed by atoms with van der Waals surface area (Å²) >= 11 is 11.5. The van der Waals surface area contributed by atoms with E-state index in [4.69, 9.17) is 28.3 Å². The predicted molar refractivity (Wildman–Crippen MR) is 75.6 cm³/mol. The van der Waals surface area contributed by atoms with Gasteiger partial charge in [0.25, 0.3) is 5.91 Å². The number of hydrogen-bond donors (Lipinski definition) is 2. The van der Waals surface area contributed by atoms with Gasteiger partial charge in [0, 0.05) is 16.8 Å². The molecule has 0 bridgehead atoms. The van der Waals surface area contributed by atoms with E-state index in [0.717, 1.165) is 0 Å². The van der Waals surface area contributed by atoms with E-state index < -0.39 is 11.9 Å². The van der Waals surface area contributed by atoms with Gasteiger partial charge in [0.05, 0.1) is 11.3 Å². The molecule has 0 saturated heterocycles. The fourth-order valence-corrected chi connectivity index (χ4v) is 1.89. The Labute approximate surface area is 124 Å². The number of carboxylic acids is 1. The van der Waals surface area contributed by atoms with Crippen molar-refractivity contribution in [3.05, 3.63) is 57.8 Å². The van der Waals surface area contributed by atoms with Crippen LogP contribution < -0.4 is 5.32 Å². The van der Waals surface area contributed by atoms with Crippen LogP contribution in [0.15, 0.2) is 36.5 Å². The number of nitrogens with zero attached hydrogens (tertiary/aromatic N) is 1. The lowest BCUT2D eigenvalue weighted by Crippen LogP contribution is -2.15. The van der Waals surface area contributed by atoms with E-state index in [-0.39, 0.29) is 22.0 Å². The third-order valence-electron chi connectivity index (χ3n) is 2.45. The van der Waals surface area contributed by atoms with Crippen LogP contribution in [0.25, 0.3) is 0 Å². The van der Waals surface area contributed by atoms with Gasteiger partial charge in [-0.3, -0.25) is 4.79 Å². The molecule has 1 amide bonds. The van der Waals surface area contributed by atoms with E-state index in [9.17, 15) is 9.59 Å². The monoisotopic (exact) mass is 310 g/mol. The second-order valence-electron chi connectivity index (χ2n) is 3.82. The van der Waals surface area contributed by atoms with Crippen LogP contribution in [-0.4, -0.2) is 22.0 Å². The van der Waals surface area contributed by atoms with Crippen molar-refractivity contribution in [3.63, 3.8) is 0 Å². The first kappa shape index (κ1) is 14.3. The minimum atomic E-state index is -1.16. The molecule has 1 aromatic carbocycles. The number of aromatic nitrogens is 1. The van der Waals surface area contributed by atoms with Crippen molar-refractivity contribution in [2.75, 3.05) is 5.32 Å². The van der Waals surface area contributed by atoms with Gasteiger partial charge in [0.15, 0.2) is 0 Å². The van der Waals surface area contributed by atoms with E-state index in [2.05, 4.69) is 10.3 Å². The van der Waals surface area contributed by atoms with Crippen LogP contribution in [0.4, 0.5) is 5.69 Å². The van der Waals surface area contributed by atoms with E-state index in [0.29, 0.717) is 5.02 Å². The first-order valence-electron chi connectivity index (χ1n) is 5.43. The number of rotatable bonds is 3. The topological polar surface area (TPSA) is 79.3 Å². The smallest absolute Gasteiger partial charge is 0.337 e. The number of nitrogens with one attached hydrogen (secondary N) is 1. The third-order valence-corrected chi connectivity index (χ3v) is 2.89. The molecule has 0 aliphatic heterocycles. The number of aromatic carboxylic acids is 1. The van der Waals surface area contributed by atoms with E-state index >= 15 is 0 Å². The van der Waals surface area contributed by atoms with Gasteiger partial charge < -0.3 is 10.4 Å². The van der Waals surface area contributed by atoms with Crippen LogP contribution in [0.3, 0.4) is 0 Å². The molecule has 0 unspecified atom stereocenters. The van der Waals surface area contributed by atoms with Crippen LogP contribution in [-0.2, 0) is 0 Å². The van der Waals surface area contributed by atoms with Gasteiger partial charge in [-0.25, -0.2) is 9.78 Å². The summed E-state index contributed by atoms with van der Waals surface area (Å²) in [5, 5.41) is 12.0. The fraction of sp³-hybridized carbons (Fsp3) is 0. The van der Waals surface area contributed by atoms with Gasteiger partial charge in [-0.15, -0.1) is 0 Å². The first-order chi connectivity index (χ1) is 9.47. The van der Waals surface area contributed by atoms with Crippen molar-refractivity contribution < 1.29 is 14.7 Å². The molecular weight excluding hydrogens is 303 g/mol. The predicted octanol–water partition coefficient (Wildman–Crippen LogP) is 3.34. The van der Waals surface area contributed by atoms with Crippen LogP contribution >= 0.6 is 23.2 Å². The maximum absolute atomic E-state index is 12.0. The summed E-state index contributed by atoms with van der Waals surface area (Å²) in [7, 11) is 0. The van der Waals surface area contributed by atoms with Crippen LogP contribution in [0.1, 0.15) is 20.7 Å². The molecule has 0 fully saturated rings. The Morgan fingerprint density at radius 1 is 1.15 bits per heavy atom. The van der Waals surface area contributed by atoms with Gasteiger partial charge in [0.1, 0.15) is 5.15 Å². The molecule has 2 rings (SSSR count). The van der Waals surface area contributed by atoms with E-state index in [1.807, 2.05) is 0 Å². The largest absolute Gasteiger partial charge is 0.478 e.